The molecule has 8 nitrogen and oxygen atoms in total. The Morgan fingerprint density at radius 3 is 2.17 bits per heavy atom. The molecule has 1 saturated carbocycles. The molecule has 4 rings (SSSR count). The molecular weight excluding hydrogens is 539 g/mol. The zero-order valence-corrected chi connectivity index (χ0v) is 22.1. The first-order valence-corrected chi connectivity index (χ1v) is 12.7. The molecule has 13 heteroatoms. The van der Waals surface area contributed by atoms with Gasteiger partial charge in [0.2, 0.25) is 0 Å². The minimum Gasteiger partial charge on any atom is -0.494 e. The molecule has 3 aromatic rings. The first kappa shape index (κ1) is 29.2. The average molecular weight is 569 g/mol. The van der Waals surface area contributed by atoms with Crippen molar-refractivity contribution < 1.29 is 26.7 Å². The van der Waals surface area contributed by atoms with Gasteiger partial charge in [0.05, 0.1) is 24.9 Å². The SMILES string of the molecule is COc1cccc(-n2c(=O)n(Cc3c(F)cccc3C(F)(F)F)c(=O)n(CC(C)(C)NC3CCCC3)c2=O)c1F. The number of ether oxygens (including phenoxy) is 1. The van der Waals surface area contributed by atoms with Gasteiger partial charge < -0.3 is 10.1 Å². The van der Waals surface area contributed by atoms with Crippen molar-refractivity contribution in [2.45, 2.75) is 70.4 Å². The van der Waals surface area contributed by atoms with E-state index in [0.717, 1.165) is 51.0 Å². The van der Waals surface area contributed by atoms with E-state index in [4.69, 9.17) is 4.74 Å². The van der Waals surface area contributed by atoms with E-state index < -0.39 is 63.8 Å². The predicted molar refractivity (Wildman–Crippen MR) is 137 cm³/mol. The second-order valence-corrected chi connectivity index (χ2v) is 10.4. The molecule has 1 N–H and O–H groups in total. The summed E-state index contributed by atoms with van der Waals surface area (Å²) in [5.41, 5.74) is -7.73. The molecule has 0 bridgehead atoms. The van der Waals surface area contributed by atoms with Gasteiger partial charge in [0.15, 0.2) is 11.6 Å². The smallest absolute Gasteiger partial charge is 0.416 e. The quantitative estimate of drug-likeness (QED) is 0.418. The topological polar surface area (TPSA) is 87.3 Å². The van der Waals surface area contributed by atoms with Gasteiger partial charge in [-0.1, -0.05) is 25.0 Å². The van der Waals surface area contributed by atoms with Gasteiger partial charge in [-0.25, -0.2) is 36.9 Å². The van der Waals surface area contributed by atoms with E-state index in [9.17, 15) is 31.9 Å². The van der Waals surface area contributed by atoms with Gasteiger partial charge >= 0.3 is 23.2 Å². The number of aromatic nitrogens is 3. The van der Waals surface area contributed by atoms with Crippen LogP contribution in [-0.4, -0.2) is 32.4 Å². The highest BCUT2D eigenvalue weighted by molar-refractivity contribution is 5.41. The number of benzene rings is 2. The van der Waals surface area contributed by atoms with Crippen LogP contribution in [0.2, 0.25) is 0 Å². The van der Waals surface area contributed by atoms with Gasteiger partial charge in [0.1, 0.15) is 5.82 Å². The van der Waals surface area contributed by atoms with E-state index in [0.29, 0.717) is 19.8 Å². The minimum absolute atomic E-state index is 0.113. The molecule has 0 amide bonds. The Morgan fingerprint density at radius 2 is 1.55 bits per heavy atom. The Kier molecular flexibility index (Phi) is 8.06. The van der Waals surface area contributed by atoms with Crippen LogP contribution in [0.1, 0.15) is 50.7 Å². The van der Waals surface area contributed by atoms with E-state index >= 15 is 4.39 Å². The van der Waals surface area contributed by atoms with Gasteiger partial charge in [-0.05, 0) is 51.0 Å². The van der Waals surface area contributed by atoms with Crippen molar-refractivity contribution in [1.29, 1.82) is 0 Å². The standard InChI is InChI=1S/C27H29F5N4O4/c1-26(2,33-16-8-4-5-9-16)15-35-23(37)34(14-17-18(27(30,31)32)10-6-11-19(17)28)24(38)36(25(35)39)20-12-7-13-21(40-3)22(20)29/h6-7,10-13,16,33H,4-5,8-9,14-15H2,1-3H3. The molecule has 0 saturated heterocycles. The molecule has 0 aliphatic heterocycles. The molecular formula is C27H29F5N4O4. The highest BCUT2D eigenvalue weighted by Gasteiger charge is 2.35. The van der Waals surface area contributed by atoms with Crippen molar-refractivity contribution in [2.24, 2.45) is 0 Å². The van der Waals surface area contributed by atoms with E-state index in [1.807, 2.05) is 0 Å². The summed E-state index contributed by atoms with van der Waals surface area (Å²) in [5, 5.41) is 3.37. The van der Waals surface area contributed by atoms with Crippen LogP contribution in [0, 0.1) is 11.6 Å². The zero-order chi connectivity index (χ0) is 29.4. The van der Waals surface area contributed by atoms with Crippen LogP contribution in [-0.2, 0) is 19.3 Å². The lowest BCUT2D eigenvalue weighted by molar-refractivity contribution is -0.138. The van der Waals surface area contributed by atoms with Crippen molar-refractivity contribution in [3.05, 3.63) is 90.6 Å². The second kappa shape index (κ2) is 11.0. The summed E-state index contributed by atoms with van der Waals surface area (Å²) in [6, 6.07) is 5.98. The number of rotatable bonds is 8. The van der Waals surface area contributed by atoms with Crippen LogP contribution in [0.25, 0.3) is 5.69 Å². The molecule has 0 unspecified atom stereocenters. The monoisotopic (exact) mass is 568 g/mol. The van der Waals surface area contributed by atoms with Gasteiger partial charge in [0.25, 0.3) is 0 Å². The molecule has 1 aliphatic carbocycles. The maximum absolute atomic E-state index is 15.3. The summed E-state index contributed by atoms with van der Waals surface area (Å²) in [6.07, 6.45) is -1.23. The fraction of sp³-hybridized carbons (Fsp3) is 0.444. The van der Waals surface area contributed by atoms with Crippen molar-refractivity contribution in [1.82, 2.24) is 19.0 Å². The minimum atomic E-state index is -5.00. The molecule has 0 radical (unpaired) electrons. The highest BCUT2D eigenvalue weighted by Crippen LogP contribution is 2.33. The summed E-state index contributed by atoms with van der Waals surface area (Å²) in [7, 11) is 1.16. The third-order valence-electron chi connectivity index (χ3n) is 6.95. The molecule has 1 fully saturated rings. The lowest BCUT2D eigenvalue weighted by atomic mass is 10.0. The van der Waals surface area contributed by atoms with Crippen molar-refractivity contribution in [2.75, 3.05) is 7.11 Å². The molecule has 0 spiro atoms. The number of nitrogens with one attached hydrogen (secondary N) is 1. The number of hydrogen-bond acceptors (Lipinski definition) is 5. The largest absolute Gasteiger partial charge is 0.494 e. The van der Waals surface area contributed by atoms with E-state index in [-0.39, 0.29) is 18.3 Å². The van der Waals surface area contributed by atoms with E-state index in [1.54, 1.807) is 13.8 Å². The summed E-state index contributed by atoms with van der Waals surface area (Å²) in [6.45, 7) is 1.99. The number of hydrogen-bond donors (Lipinski definition) is 1. The predicted octanol–water partition coefficient (Wildman–Crippen LogP) is 3.83. The summed E-state index contributed by atoms with van der Waals surface area (Å²) < 4.78 is 77.3. The number of halogens is 5. The second-order valence-electron chi connectivity index (χ2n) is 10.4. The number of nitrogens with zero attached hydrogens (tertiary/aromatic N) is 3. The maximum atomic E-state index is 15.3. The molecule has 40 heavy (non-hydrogen) atoms. The highest BCUT2D eigenvalue weighted by atomic mass is 19.4. The van der Waals surface area contributed by atoms with Gasteiger partial charge in [-0.15, -0.1) is 0 Å². The summed E-state index contributed by atoms with van der Waals surface area (Å²) in [4.78, 5) is 40.7. The number of methoxy groups -OCH3 is 1. The maximum Gasteiger partial charge on any atom is 0.416 e. The molecule has 1 heterocycles. The summed E-state index contributed by atoms with van der Waals surface area (Å²) >= 11 is 0. The third-order valence-corrected chi connectivity index (χ3v) is 6.95. The lowest BCUT2D eigenvalue weighted by Crippen LogP contribution is -2.58. The molecule has 1 aliphatic rings. The van der Waals surface area contributed by atoms with E-state index in [1.165, 1.54) is 12.1 Å². The normalized spacial score (nSPS) is 14.6. The Bertz CT molecular complexity index is 1580. The van der Waals surface area contributed by atoms with Crippen molar-refractivity contribution in [3.63, 3.8) is 0 Å². The van der Waals surface area contributed by atoms with Crippen LogP contribution >= 0.6 is 0 Å². The first-order valence-electron chi connectivity index (χ1n) is 12.7. The Hall–Kier alpha value is -3.74. The summed E-state index contributed by atoms with van der Waals surface area (Å²) in [5.74, 6) is -2.72. The van der Waals surface area contributed by atoms with Crippen LogP contribution in [0.3, 0.4) is 0 Å². The Balaban J connectivity index is 1.97. The Morgan fingerprint density at radius 1 is 0.925 bits per heavy atom. The zero-order valence-electron chi connectivity index (χ0n) is 22.1. The fourth-order valence-electron chi connectivity index (χ4n) is 5.15. The number of alkyl halides is 3. The van der Waals surface area contributed by atoms with Gasteiger partial charge in [-0.3, -0.25) is 0 Å². The van der Waals surface area contributed by atoms with E-state index in [2.05, 4.69) is 5.32 Å². The lowest BCUT2D eigenvalue weighted by Gasteiger charge is -2.31. The molecule has 216 valence electrons. The van der Waals surface area contributed by atoms with Crippen molar-refractivity contribution in [3.8, 4) is 11.4 Å². The van der Waals surface area contributed by atoms with Crippen LogP contribution in [0.4, 0.5) is 22.0 Å². The van der Waals surface area contributed by atoms with Crippen LogP contribution < -0.4 is 27.1 Å². The van der Waals surface area contributed by atoms with Gasteiger partial charge in [-0.2, -0.15) is 13.2 Å². The average Bonchev–Trinajstić information content (AvgIpc) is 3.38. The van der Waals surface area contributed by atoms with Crippen molar-refractivity contribution >= 4 is 0 Å². The molecule has 2 aromatic carbocycles. The first-order chi connectivity index (χ1) is 18.7. The fourth-order valence-corrected chi connectivity index (χ4v) is 5.15. The Labute approximate surface area is 225 Å². The van der Waals surface area contributed by atoms with Gasteiger partial charge in [0, 0.05) is 23.7 Å². The third kappa shape index (κ3) is 5.74. The molecule has 0 atom stereocenters. The molecule has 1 aromatic heterocycles. The van der Waals surface area contributed by atoms with Crippen LogP contribution in [0.5, 0.6) is 5.75 Å². The van der Waals surface area contributed by atoms with Crippen LogP contribution in [0.15, 0.2) is 50.8 Å².